The third-order valence-corrected chi connectivity index (χ3v) is 2.49. The van der Waals surface area contributed by atoms with Crippen LogP contribution in [0.3, 0.4) is 0 Å². The summed E-state index contributed by atoms with van der Waals surface area (Å²) in [6, 6.07) is 16.5. The third kappa shape index (κ3) is 1.97. The van der Waals surface area contributed by atoms with Crippen molar-refractivity contribution in [1.29, 1.82) is 0 Å². The largest absolute Gasteiger partial charge is 0.496 e. The molecule has 0 fully saturated rings. The van der Waals surface area contributed by atoms with Gasteiger partial charge in [-0.25, -0.2) is 0 Å². The van der Waals surface area contributed by atoms with Crippen molar-refractivity contribution in [2.24, 2.45) is 0 Å². The maximum absolute atomic E-state index is 6.11. The van der Waals surface area contributed by atoms with E-state index in [4.69, 9.17) is 16.3 Å². The Morgan fingerprint density at radius 1 is 1.13 bits per heavy atom. The van der Waals surface area contributed by atoms with E-state index in [-0.39, 0.29) is 0 Å². The van der Waals surface area contributed by atoms with Crippen molar-refractivity contribution in [3.05, 3.63) is 53.6 Å². The number of halogens is 1. The number of rotatable bonds is 2. The summed E-state index contributed by atoms with van der Waals surface area (Å²) in [4.78, 5) is 0. The second-order valence-electron chi connectivity index (χ2n) is 3.10. The number of benzene rings is 2. The molecule has 0 aliphatic heterocycles. The Balaban J connectivity index is 2.61. The second kappa shape index (κ2) is 4.37. The van der Waals surface area contributed by atoms with Gasteiger partial charge in [0.2, 0.25) is 0 Å². The number of ether oxygens (including phenoxy) is 1. The van der Waals surface area contributed by atoms with Crippen molar-refractivity contribution < 1.29 is 4.74 Å². The molecule has 0 bridgehead atoms. The number of hydrogen-bond acceptors (Lipinski definition) is 1. The fraction of sp³-hybridized carbons (Fsp3) is 0.0769. The molecule has 0 N–H and O–H groups in total. The zero-order valence-electron chi connectivity index (χ0n) is 8.33. The molecule has 75 valence electrons. The lowest BCUT2D eigenvalue weighted by atomic mass is 10.0. The summed E-state index contributed by atoms with van der Waals surface area (Å²) in [6.45, 7) is 0. The summed E-state index contributed by atoms with van der Waals surface area (Å²) >= 11 is 6.11. The van der Waals surface area contributed by atoms with Gasteiger partial charge in [0.25, 0.3) is 0 Å². The Kier molecular flexibility index (Phi) is 2.93. The zero-order valence-corrected chi connectivity index (χ0v) is 9.08. The van der Waals surface area contributed by atoms with Crippen LogP contribution in [0.1, 0.15) is 0 Å². The topological polar surface area (TPSA) is 9.23 Å². The summed E-state index contributed by atoms with van der Waals surface area (Å²) in [6.07, 6.45) is 0. The van der Waals surface area contributed by atoms with Crippen LogP contribution in [0.5, 0.6) is 5.75 Å². The molecule has 15 heavy (non-hydrogen) atoms. The van der Waals surface area contributed by atoms with Gasteiger partial charge in [0.05, 0.1) is 12.1 Å². The third-order valence-electron chi connectivity index (χ3n) is 2.19. The molecule has 0 heterocycles. The molecule has 0 unspecified atom stereocenters. The van der Waals surface area contributed by atoms with Crippen LogP contribution in [0.15, 0.2) is 42.5 Å². The van der Waals surface area contributed by atoms with E-state index < -0.39 is 0 Å². The molecule has 0 saturated carbocycles. The van der Waals surface area contributed by atoms with Gasteiger partial charge in [0, 0.05) is 11.6 Å². The molecular formula is C13H10ClO. The van der Waals surface area contributed by atoms with Gasteiger partial charge in [-0.1, -0.05) is 41.9 Å². The highest BCUT2D eigenvalue weighted by atomic mass is 35.5. The minimum Gasteiger partial charge on any atom is -0.496 e. The summed E-state index contributed by atoms with van der Waals surface area (Å²) in [5.74, 6) is 0.768. The molecule has 2 rings (SSSR count). The van der Waals surface area contributed by atoms with Crippen LogP contribution in [0, 0.1) is 6.07 Å². The summed E-state index contributed by atoms with van der Waals surface area (Å²) in [5, 5.41) is 0.584. The van der Waals surface area contributed by atoms with Gasteiger partial charge in [-0.15, -0.1) is 0 Å². The van der Waals surface area contributed by atoms with Crippen LogP contribution in [0.2, 0.25) is 5.02 Å². The van der Waals surface area contributed by atoms with E-state index in [1.54, 1.807) is 13.2 Å². The molecular weight excluding hydrogens is 208 g/mol. The number of hydrogen-bond donors (Lipinski definition) is 0. The lowest BCUT2D eigenvalue weighted by Gasteiger charge is -2.09. The fourth-order valence-electron chi connectivity index (χ4n) is 1.50. The summed E-state index contributed by atoms with van der Waals surface area (Å²) in [5.41, 5.74) is 1.93. The van der Waals surface area contributed by atoms with Crippen LogP contribution in [0.4, 0.5) is 0 Å². The van der Waals surface area contributed by atoms with E-state index in [1.165, 1.54) is 0 Å². The van der Waals surface area contributed by atoms with E-state index in [0.29, 0.717) is 5.02 Å². The molecule has 0 amide bonds. The van der Waals surface area contributed by atoms with Crippen molar-refractivity contribution in [2.45, 2.75) is 0 Å². The Morgan fingerprint density at radius 3 is 2.53 bits per heavy atom. The van der Waals surface area contributed by atoms with Crippen molar-refractivity contribution in [3.63, 3.8) is 0 Å². The molecule has 2 aromatic rings. The summed E-state index contributed by atoms with van der Waals surface area (Å²) < 4.78 is 5.28. The van der Waals surface area contributed by atoms with Crippen molar-refractivity contribution >= 4 is 11.6 Å². The quantitative estimate of drug-likeness (QED) is 0.743. The highest BCUT2D eigenvalue weighted by Crippen LogP contribution is 2.35. The molecule has 0 aliphatic carbocycles. The van der Waals surface area contributed by atoms with Crippen LogP contribution < -0.4 is 4.74 Å². The highest BCUT2D eigenvalue weighted by Gasteiger charge is 2.09. The average molecular weight is 218 g/mol. The van der Waals surface area contributed by atoms with Gasteiger partial charge in [0.15, 0.2) is 0 Å². The smallest absolute Gasteiger partial charge is 0.128 e. The minimum absolute atomic E-state index is 0.584. The first-order chi connectivity index (χ1) is 7.33. The first-order valence-electron chi connectivity index (χ1n) is 4.62. The first kappa shape index (κ1) is 10.1. The van der Waals surface area contributed by atoms with Crippen LogP contribution in [-0.4, -0.2) is 7.11 Å². The van der Waals surface area contributed by atoms with Crippen molar-refractivity contribution in [1.82, 2.24) is 0 Å². The van der Waals surface area contributed by atoms with Gasteiger partial charge >= 0.3 is 0 Å². The van der Waals surface area contributed by atoms with Crippen LogP contribution >= 0.6 is 11.6 Å². The summed E-state index contributed by atoms with van der Waals surface area (Å²) in [7, 11) is 1.64. The highest BCUT2D eigenvalue weighted by molar-refractivity contribution is 6.33. The monoisotopic (exact) mass is 217 g/mol. The molecule has 0 atom stereocenters. The van der Waals surface area contributed by atoms with Gasteiger partial charge < -0.3 is 4.74 Å². The first-order valence-corrected chi connectivity index (χ1v) is 5.00. The Labute approximate surface area is 94.3 Å². The van der Waals surface area contributed by atoms with Gasteiger partial charge in [-0.2, -0.15) is 0 Å². The fourth-order valence-corrected chi connectivity index (χ4v) is 1.76. The Bertz CT molecular complexity index is 451. The van der Waals surface area contributed by atoms with Gasteiger partial charge in [-0.3, -0.25) is 0 Å². The predicted molar refractivity (Wildman–Crippen MR) is 62.3 cm³/mol. The average Bonchev–Trinajstić information content (AvgIpc) is 2.29. The standard InChI is InChI=1S/C13H10ClO/c1-15-12-9-5-8-11(14)13(12)10-6-3-2-4-7-10/h2-7,9H,1H3. The van der Waals surface area contributed by atoms with E-state index in [2.05, 4.69) is 6.07 Å². The Morgan fingerprint density at radius 2 is 1.87 bits per heavy atom. The maximum Gasteiger partial charge on any atom is 0.128 e. The lowest BCUT2D eigenvalue weighted by molar-refractivity contribution is 0.416. The molecule has 0 spiro atoms. The van der Waals surface area contributed by atoms with Crippen molar-refractivity contribution in [3.8, 4) is 16.9 Å². The second-order valence-corrected chi connectivity index (χ2v) is 3.48. The van der Waals surface area contributed by atoms with Crippen LogP contribution in [0.25, 0.3) is 11.1 Å². The zero-order chi connectivity index (χ0) is 10.7. The van der Waals surface area contributed by atoms with Crippen LogP contribution in [-0.2, 0) is 0 Å². The predicted octanol–water partition coefficient (Wildman–Crippen LogP) is 3.82. The van der Waals surface area contributed by atoms with E-state index >= 15 is 0 Å². The number of methoxy groups -OCH3 is 1. The van der Waals surface area contributed by atoms with E-state index in [9.17, 15) is 0 Å². The van der Waals surface area contributed by atoms with E-state index in [1.807, 2.05) is 36.4 Å². The van der Waals surface area contributed by atoms with E-state index in [0.717, 1.165) is 16.9 Å². The van der Waals surface area contributed by atoms with Crippen molar-refractivity contribution in [2.75, 3.05) is 7.11 Å². The normalized spacial score (nSPS) is 10.0. The molecule has 1 nitrogen and oxygen atoms in total. The molecule has 2 heteroatoms. The molecule has 0 aliphatic rings. The SMILES string of the molecule is COc1cc[c]c(Cl)c1-c1ccccc1. The maximum atomic E-state index is 6.11. The molecule has 2 aromatic carbocycles. The van der Waals surface area contributed by atoms with Gasteiger partial charge in [-0.05, 0) is 17.7 Å². The molecule has 0 aromatic heterocycles. The molecule has 1 radical (unpaired) electrons. The lowest BCUT2D eigenvalue weighted by Crippen LogP contribution is -1.88. The molecule has 0 saturated heterocycles. The Hall–Kier alpha value is -1.47. The van der Waals surface area contributed by atoms with Gasteiger partial charge in [0.1, 0.15) is 5.75 Å². The minimum atomic E-state index is 0.584.